The molecule has 1 saturated heterocycles. The van der Waals surface area contributed by atoms with Crippen LogP contribution in [0.1, 0.15) is 32.6 Å². The molecule has 1 aliphatic heterocycles. The number of nitrogens with two attached hydrogens (primary N) is 1. The SMILES string of the molecule is CC1CCCC(CN)(CN2CCN(S(C)(=O)=O)CC2)C1. The van der Waals surface area contributed by atoms with Gasteiger partial charge in [0.15, 0.2) is 0 Å². The van der Waals surface area contributed by atoms with Crippen molar-refractivity contribution in [1.82, 2.24) is 9.21 Å². The Bertz CT molecular complexity index is 418. The molecule has 6 heteroatoms. The second-order valence-electron chi connectivity index (χ2n) is 6.84. The van der Waals surface area contributed by atoms with E-state index in [4.69, 9.17) is 5.73 Å². The highest BCUT2D eigenvalue weighted by Gasteiger charge is 2.36. The van der Waals surface area contributed by atoms with Gasteiger partial charge in [0.25, 0.3) is 0 Å². The molecule has 0 spiro atoms. The normalized spacial score (nSPS) is 34.2. The molecule has 0 bridgehead atoms. The van der Waals surface area contributed by atoms with Crippen LogP contribution in [0.4, 0.5) is 0 Å². The number of piperazine rings is 1. The van der Waals surface area contributed by atoms with Crippen LogP contribution in [0.3, 0.4) is 0 Å². The maximum absolute atomic E-state index is 11.5. The molecule has 118 valence electrons. The minimum absolute atomic E-state index is 0.255. The predicted molar refractivity (Wildman–Crippen MR) is 82.0 cm³/mol. The topological polar surface area (TPSA) is 66.6 Å². The molecule has 5 nitrogen and oxygen atoms in total. The summed E-state index contributed by atoms with van der Waals surface area (Å²) in [5, 5.41) is 0. The van der Waals surface area contributed by atoms with Crippen LogP contribution in [0.2, 0.25) is 0 Å². The molecule has 0 amide bonds. The van der Waals surface area contributed by atoms with Gasteiger partial charge in [0.2, 0.25) is 10.0 Å². The largest absolute Gasteiger partial charge is 0.330 e. The quantitative estimate of drug-likeness (QED) is 0.831. The Hall–Kier alpha value is -0.170. The molecule has 2 fully saturated rings. The molecule has 1 aliphatic carbocycles. The summed E-state index contributed by atoms with van der Waals surface area (Å²) in [6.45, 7) is 7.02. The molecule has 20 heavy (non-hydrogen) atoms. The van der Waals surface area contributed by atoms with Crippen LogP contribution in [0, 0.1) is 11.3 Å². The summed E-state index contributed by atoms with van der Waals surface area (Å²) in [6, 6.07) is 0. The lowest BCUT2D eigenvalue weighted by molar-refractivity contribution is 0.0704. The Morgan fingerprint density at radius 2 is 1.90 bits per heavy atom. The monoisotopic (exact) mass is 303 g/mol. The van der Waals surface area contributed by atoms with Gasteiger partial charge in [-0.3, -0.25) is 0 Å². The average molecular weight is 303 g/mol. The summed E-state index contributed by atoms with van der Waals surface area (Å²) in [5.41, 5.74) is 6.34. The molecule has 0 aromatic rings. The smallest absolute Gasteiger partial charge is 0.211 e. The van der Waals surface area contributed by atoms with Crippen LogP contribution in [0.15, 0.2) is 0 Å². The van der Waals surface area contributed by atoms with Crippen molar-refractivity contribution < 1.29 is 8.42 Å². The van der Waals surface area contributed by atoms with Gasteiger partial charge >= 0.3 is 0 Å². The van der Waals surface area contributed by atoms with Crippen LogP contribution in [-0.4, -0.2) is 63.1 Å². The van der Waals surface area contributed by atoms with E-state index in [1.807, 2.05) is 0 Å². The molecular weight excluding hydrogens is 274 g/mol. The predicted octanol–water partition coefficient (Wildman–Crippen LogP) is 0.719. The fraction of sp³-hybridized carbons (Fsp3) is 1.00. The van der Waals surface area contributed by atoms with E-state index in [-0.39, 0.29) is 5.41 Å². The maximum atomic E-state index is 11.5. The standard InChI is InChI=1S/C14H29N3O2S/c1-13-4-3-5-14(10-13,11-15)12-16-6-8-17(9-7-16)20(2,18)19/h13H,3-12,15H2,1-2H3. The number of sulfonamides is 1. The molecule has 2 atom stereocenters. The highest BCUT2D eigenvalue weighted by atomic mass is 32.2. The Labute approximate surface area is 123 Å². The lowest BCUT2D eigenvalue weighted by atomic mass is 9.69. The minimum atomic E-state index is -3.03. The van der Waals surface area contributed by atoms with Crippen LogP contribution in [0.25, 0.3) is 0 Å². The molecule has 2 N–H and O–H groups in total. The zero-order valence-corrected chi connectivity index (χ0v) is 13.7. The summed E-state index contributed by atoms with van der Waals surface area (Å²) in [4.78, 5) is 2.41. The highest BCUT2D eigenvalue weighted by Crippen LogP contribution is 2.39. The van der Waals surface area contributed by atoms with E-state index in [2.05, 4.69) is 11.8 Å². The zero-order chi connectivity index (χ0) is 14.8. The Balaban J connectivity index is 1.91. The van der Waals surface area contributed by atoms with Gasteiger partial charge in [-0.2, -0.15) is 4.31 Å². The van der Waals surface area contributed by atoms with E-state index >= 15 is 0 Å². The van der Waals surface area contributed by atoms with Crippen LogP contribution < -0.4 is 5.73 Å². The second-order valence-corrected chi connectivity index (χ2v) is 8.83. The van der Waals surface area contributed by atoms with Gasteiger partial charge in [-0.05, 0) is 30.7 Å². The van der Waals surface area contributed by atoms with Crippen molar-refractivity contribution in [2.75, 3.05) is 45.5 Å². The van der Waals surface area contributed by atoms with Crippen molar-refractivity contribution in [3.05, 3.63) is 0 Å². The van der Waals surface area contributed by atoms with Gasteiger partial charge in [0, 0.05) is 32.7 Å². The number of nitrogens with zero attached hydrogens (tertiary/aromatic N) is 2. The third-order valence-corrected chi connectivity index (χ3v) is 6.28. The third-order valence-electron chi connectivity index (χ3n) is 4.98. The fourth-order valence-electron chi connectivity index (χ4n) is 3.86. The van der Waals surface area contributed by atoms with Gasteiger partial charge < -0.3 is 10.6 Å². The van der Waals surface area contributed by atoms with Crippen molar-refractivity contribution in [1.29, 1.82) is 0 Å². The summed E-state index contributed by atoms with van der Waals surface area (Å²) in [6.07, 6.45) is 6.34. The van der Waals surface area contributed by atoms with Crippen molar-refractivity contribution in [3.8, 4) is 0 Å². The van der Waals surface area contributed by atoms with Crippen molar-refractivity contribution in [3.63, 3.8) is 0 Å². The van der Waals surface area contributed by atoms with E-state index < -0.39 is 10.0 Å². The van der Waals surface area contributed by atoms with E-state index in [1.54, 1.807) is 4.31 Å². The van der Waals surface area contributed by atoms with E-state index in [0.29, 0.717) is 13.1 Å². The van der Waals surface area contributed by atoms with Crippen molar-refractivity contribution in [2.45, 2.75) is 32.6 Å². The molecule has 1 saturated carbocycles. The van der Waals surface area contributed by atoms with Crippen LogP contribution in [-0.2, 0) is 10.0 Å². The van der Waals surface area contributed by atoms with Gasteiger partial charge in [0.05, 0.1) is 6.26 Å². The molecule has 1 heterocycles. The highest BCUT2D eigenvalue weighted by molar-refractivity contribution is 7.88. The Kier molecular flexibility index (Phi) is 5.10. The number of hydrogen-bond donors (Lipinski definition) is 1. The summed E-state index contributed by atoms with van der Waals surface area (Å²) < 4.78 is 24.7. The van der Waals surface area contributed by atoms with Crippen molar-refractivity contribution >= 4 is 10.0 Å². The zero-order valence-electron chi connectivity index (χ0n) is 12.8. The molecule has 2 aliphatic rings. The van der Waals surface area contributed by atoms with Crippen LogP contribution in [0.5, 0.6) is 0 Å². The second kappa shape index (κ2) is 6.30. The third kappa shape index (κ3) is 3.93. The minimum Gasteiger partial charge on any atom is -0.330 e. The molecule has 0 aromatic heterocycles. The summed E-state index contributed by atoms with van der Waals surface area (Å²) >= 11 is 0. The molecule has 0 aromatic carbocycles. The van der Waals surface area contributed by atoms with Gasteiger partial charge in [-0.15, -0.1) is 0 Å². The number of rotatable bonds is 4. The van der Waals surface area contributed by atoms with E-state index in [9.17, 15) is 8.42 Å². The Morgan fingerprint density at radius 3 is 2.40 bits per heavy atom. The van der Waals surface area contributed by atoms with E-state index in [1.165, 1.54) is 31.9 Å². The summed E-state index contributed by atoms with van der Waals surface area (Å²) in [7, 11) is -3.03. The van der Waals surface area contributed by atoms with Gasteiger partial charge in [-0.25, -0.2) is 8.42 Å². The lowest BCUT2D eigenvalue weighted by Crippen LogP contribution is -2.53. The first kappa shape index (κ1) is 16.2. The van der Waals surface area contributed by atoms with Gasteiger partial charge in [-0.1, -0.05) is 19.8 Å². The molecule has 2 rings (SSSR count). The number of hydrogen-bond acceptors (Lipinski definition) is 4. The Morgan fingerprint density at radius 1 is 1.25 bits per heavy atom. The van der Waals surface area contributed by atoms with Gasteiger partial charge in [0.1, 0.15) is 0 Å². The van der Waals surface area contributed by atoms with E-state index in [0.717, 1.165) is 32.1 Å². The lowest BCUT2D eigenvalue weighted by Gasteiger charge is -2.44. The van der Waals surface area contributed by atoms with Crippen LogP contribution >= 0.6 is 0 Å². The van der Waals surface area contributed by atoms with Crippen molar-refractivity contribution in [2.24, 2.45) is 17.1 Å². The molecule has 0 radical (unpaired) electrons. The average Bonchev–Trinajstić information content (AvgIpc) is 2.38. The maximum Gasteiger partial charge on any atom is 0.211 e. The fourth-order valence-corrected chi connectivity index (χ4v) is 4.68. The first-order valence-electron chi connectivity index (χ1n) is 7.72. The molecule has 2 unspecified atom stereocenters. The first-order valence-corrected chi connectivity index (χ1v) is 9.57. The first-order chi connectivity index (χ1) is 9.35. The summed E-state index contributed by atoms with van der Waals surface area (Å²) in [5.74, 6) is 0.768. The molecular formula is C14H29N3O2S.